The molecule has 0 aliphatic rings. The average molecular weight is 267 g/mol. The van der Waals surface area contributed by atoms with Crippen molar-refractivity contribution in [3.8, 4) is 0 Å². The van der Waals surface area contributed by atoms with Crippen molar-refractivity contribution in [3.05, 3.63) is 65.7 Å². The van der Waals surface area contributed by atoms with Gasteiger partial charge >= 0.3 is 0 Å². The van der Waals surface area contributed by atoms with Crippen LogP contribution >= 0.6 is 0 Å². The first-order valence-corrected chi connectivity index (χ1v) is 6.20. The maximum absolute atomic E-state index is 12.0. The van der Waals surface area contributed by atoms with E-state index in [1.54, 1.807) is 42.5 Å². The molecule has 0 aliphatic carbocycles. The van der Waals surface area contributed by atoms with Gasteiger partial charge in [-0.15, -0.1) is 0 Å². The molecule has 0 saturated heterocycles. The Morgan fingerprint density at radius 1 is 1.15 bits per heavy atom. The van der Waals surface area contributed by atoms with Crippen LogP contribution in [0.25, 0.3) is 6.08 Å². The smallest absolute Gasteiger partial charge is 0.255 e. The number of hydrogen-bond donors (Lipinski definition) is 2. The second-order valence-corrected chi connectivity index (χ2v) is 4.27. The van der Waals surface area contributed by atoms with E-state index in [0.29, 0.717) is 16.9 Å². The summed E-state index contributed by atoms with van der Waals surface area (Å²) in [6.45, 7) is -0.262. The Morgan fingerprint density at radius 2 is 1.90 bits per heavy atom. The highest BCUT2D eigenvalue weighted by atomic mass is 16.2. The van der Waals surface area contributed by atoms with E-state index in [2.05, 4.69) is 5.32 Å². The summed E-state index contributed by atoms with van der Waals surface area (Å²) in [6.07, 6.45) is 3.26. The first-order chi connectivity index (χ1) is 9.69. The fourth-order valence-corrected chi connectivity index (χ4v) is 1.74. The molecule has 0 spiro atoms. The van der Waals surface area contributed by atoms with Gasteiger partial charge in [-0.2, -0.15) is 0 Å². The molecule has 3 N–H and O–H groups in total. The Bertz CT molecular complexity index is 619. The van der Waals surface area contributed by atoms with Gasteiger partial charge in [0.1, 0.15) is 6.61 Å². The fourth-order valence-electron chi connectivity index (χ4n) is 1.74. The third-order valence-corrected chi connectivity index (χ3v) is 2.72. The number of rotatable bonds is 4. The Morgan fingerprint density at radius 3 is 2.60 bits per heavy atom. The minimum atomic E-state index is -0.262. The predicted octanol–water partition coefficient (Wildman–Crippen LogP) is 2.96. The fraction of sp³-hybridized carbons (Fsp3) is 0.0625. The Hall–Kier alpha value is -2.59. The van der Waals surface area contributed by atoms with Gasteiger partial charge in [0.2, 0.25) is 0 Å². The van der Waals surface area contributed by atoms with Crippen LogP contribution < -0.4 is 11.1 Å². The SMILES string of the molecule is Nc1ccc(C(=O)Nc2cccc(C=CC[O])c2)cc1. The van der Waals surface area contributed by atoms with Gasteiger partial charge in [-0.25, -0.2) is 5.11 Å². The van der Waals surface area contributed by atoms with Crippen molar-refractivity contribution in [2.45, 2.75) is 0 Å². The lowest BCUT2D eigenvalue weighted by atomic mass is 10.1. The van der Waals surface area contributed by atoms with Crippen LogP contribution in [-0.2, 0) is 5.11 Å². The Labute approximate surface area is 117 Å². The number of carbonyl (C=O) groups is 1. The van der Waals surface area contributed by atoms with Gasteiger partial charge in [-0.3, -0.25) is 4.79 Å². The molecule has 0 heterocycles. The highest BCUT2D eigenvalue weighted by Crippen LogP contribution is 2.14. The molecule has 0 atom stereocenters. The molecule has 0 aliphatic heterocycles. The van der Waals surface area contributed by atoms with Gasteiger partial charge in [0.05, 0.1) is 0 Å². The van der Waals surface area contributed by atoms with Crippen molar-refractivity contribution in [3.63, 3.8) is 0 Å². The maximum atomic E-state index is 12.0. The van der Waals surface area contributed by atoms with E-state index >= 15 is 0 Å². The van der Waals surface area contributed by atoms with E-state index in [4.69, 9.17) is 5.73 Å². The van der Waals surface area contributed by atoms with Crippen molar-refractivity contribution < 1.29 is 9.90 Å². The van der Waals surface area contributed by atoms with Crippen LogP contribution in [-0.4, -0.2) is 12.5 Å². The minimum absolute atomic E-state index is 0.199. The van der Waals surface area contributed by atoms with Crippen molar-refractivity contribution in [1.82, 2.24) is 0 Å². The van der Waals surface area contributed by atoms with Crippen molar-refractivity contribution in [2.24, 2.45) is 0 Å². The molecule has 2 aromatic rings. The van der Waals surface area contributed by atoms with Crippen LogP contribution in [0.15, 0.2) is 54.6 Å². The van der Waals surface area contributed by atoms with Gasteiger partial charge in [-0.05, 0) is 42.0 Å². The molecule has 1 radical (unpaired) electrons. The Balaban J connectivity index is 2.11. The van der Waals surface area contributed by atoms with Crippen LogP contribution in [0.4, 0.5) is 11.4 Å². The summed E-state index contributed by atoms with van der Waals surface area (Å²) in [6, 6.07) is 14.0. The topological polar surface area (TPSA) is 75.0 Å². The number of nitrogens with two attached hydrogens (primary N) is 1. The molecule has 101 valence electrons. The highest BCUT2D eigenvalue weighted by Gasteiger charge is 2.05. The second-order valence-electron chi connectivity index (χ2n) is 4.27. The summed E-state index contributed by atoms with van der Waals surface area (Å²) in [5.41, 5.74) is 8.29. The van der Waals surface area contributed by atoms with Gasteiger partial charge in [-0.1, -0.05) is 24.3 Å². The van der Waals surface area contributed by atoms with Crippen molar-refractivity contribution >= 4 is 23.4 Å². The monoisotopic (exact) mass is 267 g/mol. The summed E-state index contributed by atoms with van der Waals surface area (Å²) in [5, 5.41) is 13.2. The van der Waals surface area contributed by atoms with E-state index in [-0.39, 0.29) is 12.5 Å². The average Bonchev–Trinajstić information content (AvgIpc) is 2.46. The molecule has 4 nitrogen and oxygen atoms in total. The first kappa shape index (κ1) is 13.8. The Kier molecular flexibility index (Phi) is 4.52. The maximum Gasteiger partial charge on any atom is 0.255 e. The zero-order valence-electron chi connectivity index (χ0n) is 10.9. The van der Waals surface area contributed by atoms with Crippen LogP contribution in [0.5, 0.6) is 0 Å². The summed E-state index contributed by atoms with van der Waals surface area (Å²) in [7, 11) is 0. The molecule has 20 heavy (non-hydrogen) atoms. The van der Waals surface area contributed by atoms with E-state index in [9.17, 15) is 9.90 Å². The second kappa shape index (κ2) is 6.54. The summed E-state index contributed by atoms with van der Waals surface area (Å²) in [4.78, 5) is 12.0. The molecule has 2 rings (SSSR count). The third-order valence-electron chi connectivity index (χ3n) is 2.72. The standard InChI is InChI=1S/C16H15N2O2/c17-14-8-6-13(7-9-14)16(20)18-15-5-1-3-12(11-15)4-2-10-19/h1-9,11H,10,17H2,(H,18,20). The lowest BCUT2D eigenvalue weighted by molar-refractivity contribution is 0.102. The summed E-state index contributed by atoms with van der Waals surface area (Å²) < 4.78 is 0. The molecule has 0 unspecified atom stereocenters. The van der Waals surface area contributed by atoms with Gasteiger partial charge < -0.3 is 11.1 Å². The first-order valence-electron chi connectivity index (χ1n) is 6.20. The molecule has 0 fully saturated rings. The number of hydrogen-bond acceptors (Lipinski definition) is 2. The van der Waals surface area contributed by atoms with E-state index < -0.39 is 0 Å². The molecular weight excluding hydrogens is 252 g/mol. The molecule has 2 aromatic carbocycles. The highest BCUT2D eigenvalue weighted by molar-refractivity contribution is 6.04. The zero-order valence-corrected chi connectivity index (χ0v) is 10.9. The zero-order chi connectivity index (χ0) is 14.4. The van der Waals surface area contributed by atoms with Crippen LogP contribution in [0, 0.1) is 0 Å². The number of amides is 1. The molecular formula is C16H15N2O2. The third kappa shape index (κ3) is 3.70. The van der Waals surface area contributed by atoms with Gasteiger partial charge in [0.15, 0.2) is 0 Å². The molecule has 0 aromatic heterocycles. The number of carbonyl (C=O) groups excluding carboxylic acids is 1. The lowest BCUT2D eigenvalue weighted by Crippen LogP contribution is -2.11. The lowest BCUT2D eigenvalue weighted by Gasteiger charge is -2.06. The molecule has 0 bridgehead atoms. The minimum Gasteiger partial charge on any atom is -0.399 e. The predicted molar refractivity (Wildman–Crippen MR) is 79.8 cm³/mol. The number of nitrogens with one attached hydrogen (secondary N) is 1. The number of benzene rings is 2. The molecule has 1 amide bonds. The van der Waals surface area contributed by atoms with Gasteiger partial charge in [0.25, 0.3) is 5.91 Å². The number of nitrogen functional groups attached to an aromatic ring is 1. The van der Waals surface area contributed by atoms with Crippen LogP contribution in [0.1, 0.15) is 15.9 Å². The largest absolute Gasteiger partial charge is 0.399 e. The van der Waals surface area contributed by atoms with Crippen molar-refractivity contribution in [1.29, 1.82) is 0 Å². The molecule has 0 saturated carbocycles. The van der Waals surface area contributed by atoms with Gasteiger partial charge in [0, 0.05) is 16.9 Å². The summed E-state index contributed by atoms with van der Waals surface area (Å²) >= 11 is 0. The van der Waals surface area contributed by atoms with E-state index in [1.807, 2.05) is 12.1 Å². The van der Waals surface area contributed by atoms with E-state index in [0.717, 1.165) is 5.56 Å². The van der Waals surface area contributed by atoms with Crippen LogP contribution in [0.2, 0.25) is 0 Å². The normalized spacial score (nSPS) is 10.7. The summed E-state index contributed by atoms with van der Waals surface area (Å²) in [5.74, 6) is -0.199. The van der Waals surface area contributed by atoms with Crippen LogP contribution in [0.3, 0.4) is 0 Å². The number of anilines is 2. The molecule has 4 heteroatoms. The van der Waals surface area contributed by atoms with Crippen molar-refractivity contribution in [2.75, 3.05) is 17.7 Å². The quantitative estimate of drug-likeness (QED) is 0.836. The van der Waals surface area contributed by atoms with E-state index in [1.165, 1.54) is 6.08 Å².